The topological polar surface area (TPSA) is 90.2 Å². The molecule has 0 saturated carbocycles. The molecule has 0 saturated heterocycles. The van der Waals surface area contributed by atoms with E-state index in [9.17, 15) is 20.0 Å². The molecule has 0 fully saturated rings. The lowest BCUT2D eigenvalue weighted by atomic mass is 9.82. The first-order chi connectivity index (χ1) is 12.1. The van der Waals surface area contributed by atoms with Crippen molar-refractivity contribution in [2.24, 2.45) is 11.8 Å². The Labute approximate surface area is 151 Å². The zero-order chi connectivity index (χ0) is 17.8. The van der Waals surface area contributed by atoms with Crippen LogP contribution in [-0.2, 0) is 22.4 Å². The first-order valence-electron chi connectivity index (χ1n) is 8.85. The van der Waals surface area contributed by atoms with E-state index >= 15 is 0 Å². The van der Waals surface area contributed by atoms with E-state index in [1.54, 1.807) is 0 Å². The smallest absolute Gasteiger partial charge is 0.307 e. The predicted octanol–water partition coefficient (Wildman–Crippen LogP) is 3.88. The molecule has 132 valence electrons. The maximum absolute atomic E-state index is 12.7. The number of anilines is 1. The zero-order valence-corrected chi connectivity index (χ0v) is 14.9. The average Bonchev–Trinajstić information content (AvgIpc) is 2.90. The van der Waals surface area contributed by atoms with Gasteiger partial charge in [-0.1, -0.05) is 25.0 Å². The second-order valence-electron chi connectivity index (χ2n) is 6.72. The van der Waals surface area contributed by atoms with Gasteiger partial charge >= 0.3 is 5.97 Å². The number of thiophene rings is 1. The van der Waals surface area contributed by atoms with Gasteiger partial charge in [0.15, 0.2) is 0 Å². The lowest BCUT2D eigenvalue weighted by Crippen LogP contribution is -2.34. The number of rotatable bonds is 3. The molecule has 25 heavy (non-hydrogen) atoms. The largest absolute Gasteiger partial charge is 0.481 e. The molecule has 2 atom stereocenters. The SMILES string of the molecule is N#Cc1c(NC(=O)[C@@H]2CC=CC[C@@H]2C(=O)O)sc2c1CCCCCC2. The molecule has 0 bridgehead atoms. The van der Waals surface area contributed by atoms with E-state index in [2.05, 4.69) is 11.4 Å². The number of hydrogen-bond acceptors (Lipinski definition) is 4. The summed E-state index contributed by atoms with van der Waals surface area (Å²) in [7, 11) is 0. The van der Waals surface area contributed by atoms with Crippen molar-refractivity contribution in [3.05, 3.63) is 28.2 Å². The monoisotopic (exact) mass is 358 g/mol. The van der Waals surface area contributed by atoms with Crippen LogP contribution in [0.5, 0.6) is 0 Å². The van der Waals surface area contributed by atoms with Gasteiger partial charge in [0.25, 0.3) is 0 Å². The molecule has 2 aliphatic carbocycles. The van der Waals surface area contributed by atoms with Gasteiger partial charge in [-0.25, -0.2) is 0 Å². The molecule has 2 N–H and O–H groups in total. The highest BCUT2D eigenvalue weighted by Gasteiger charge is 2.34. The number of carbonyl (C=O) groups excluding carboxylic acids is 1. The molecule has 5 nitrogen and oxygen atoms in total. The van der Waals surface area contributed by atoms with Crippen LogP contribution in [0.4, 0.5) is 5.00 Å². The molecule has 6 heteroatoms. The first-order valence-corrected chi connectivity index (χ1v) is 9.66. The summed E-state index contributed by atoms with van der Waals surface area (Å²) < 4.78 is 0. The van der Waals surface area contributed by atoms with Crippen molar-refractivity contribution in [3.8, 4) is 6.07 Å². The number of nitrogens with zero attached hydrogens (tertiary/aromatic N) is 1. The average molecular weight is 358 g/mol. The number of nitriles is 1. The summed E-state index contributed by atoms with van der Waals surface area (Å²) in [5, 5.41) is 22.4. The van der Waals surface area contributed by atoms with Crippen molar-refractivity contribution in [1.29, 1.82) is 5.26 Å². The van der Waals surface area contributed by atoms with E-state index in [0.717, 1.165) is 31.2 Å². The maximum atomic E-state index is 12.7. The quantitative estimate of drug-likeness (QED) is 0.802. The minimum absolute atomic E-state index is 0.289. The Bertz CT molecular complexity index is 745. The van der Waals surface area contributed by atoms with Crippen LogP contribution in [-0.4, -0.2) is 17.0 Å². The number of carboxylic acids is 1. The van der Waals surface area contributed by atoms with Gasteiger partial charge in [-0.15, -0.1) is 11.3 Å². The molecule has 3 rings (SSSR count). The van der Waals surface area contributed by atoms with Crippen LogP contribution in [0.2, 0.25) is 0 Å². The maximum Gasteiger partial charge on any atom is 0.307 e. The van der Waals surface area contributed by atoms with E-state index in [4.69, 9.17) is 0 Å². The Morgan fingerprint density at radius 3 is 2.48 bits per heavy atom. The summed E-state index contributed by atoms with van der Waals surface area (Å²) in [6.45, 7) is 0. The van der Waals surface area contributed by atoms with Gasteiger partial charge in [0.2, 0.25) is 5.91 Å². The zero-order valence-electron chi connectivity index (χ0n) is 14.1. The summed E-state index contributed by atoms with van der Waals surface area (Å²) in [4.78, 5) is 25.3. The van der Waals surface area contributed by atoms with Gasteiger partial charge in [-0.05, 0) is 44.1 Å². The van der Waals surface area contributed by atoms with Crippen molar-refractivity contribution in [2.75, 3.05) is 5.32 Å². The van der Waals surface area contributed by atoms with Crippen molar-refractivity contribution in [1.82, 2.24) is 0 Å². The van der Waals surface area contributed by atoms with E-state index in [-0.39, 0.29) is 5.91 Å². The van der Waals surface area contributed by atoms with E-state index in [1.165, 1.54) is 29.1 Å². The molecule has 2 aliphatic rings. The number of carbonyl (C=O) groups is 2. The van der Waals surface area contributed by atoms with Gasteiger partial charge in [0.05, 0.1) is 17.4 Å². The standard InChI is InChI=1S/C19H22N2O3S/c20-11-15-12-7-3-1-2-4-10-16(12)25-18(15)21-17(22)13-8-5-6-9-14(13)19(23)24/h5-6,13-14H,1-4,7-10H2,(H,21,22)(H,23,24)/t13-,14+/m1/s1. The van der Waals surface area contributed by atoms with Crippen molar-refractivity contribution in [3.63, 3.8) is 0 Å². The van der Waals surface area contributed by atoms with Crippen molar-refractivity contribution in [2.45, 2.75) is 51.4 Å². The lowest BCUT2D eigenvalue weighted by molar-refractivity contribution is -0.146. The number of carboxylic acid groups (broad SMARTS) is 1. The molecule has 1 amide bonds. The van der Waals surface area contributed by atoms with Crippen LogP contribution in [0.3, 0.4) is 0 Å². The number of amides is 1. The summed E-state index contributed by atoms with van der Waals surface area (Å²) in [6.07, 6.45) is 10.9. The van der Waals surface area contributed by atoms with Crippen molar-refractivity contribution >= 4 is 28.2 Å². The molecule has 1 heterocycles. The van der Waals surface area contributed by atoms with Gasteiger partial charge in [-0.2, -0.15) is 5.26 Å². The second-order valence-corrected chi connectivity index (χ2v) is 7.82. The summed E-state index contributed by atoms with van der Waals surface area (Å²) in [5.41, 5.74) is 1.66. The van der Waals surface area contributed by atoms with Crippen LogP contribution >= 0.6 is 11.3 Å². The second kappa shape index (κ2) is 7.83. The molecule has 0 spiro atoms. The lowest BCUT2D eigenvalue weighted by Gasteiger charge is -2.23. The summed E-state index contributed by atoms with van der Waals surface area (Å²) in [5.74, 6) is -2.51. The van der Waals surface area contributed by atoms with E-state index in [0.29, 0.717) is 23.4 Å². The molecule has 0 aliphatic heterocycles. The number of hydrogen-bond donors (Lipinski definition) is 2. The molecule has 0 radical (unpaired) electrons. The third-order valence-electron chi connectivity index (χ3n) is 5.11. The van der Waals surface area contributed by atoms with Gasteiger partial charge < -0.3 is 10.4 Å². The number of allylic oxidation sites excluding steroid dienone is 2. The number of nitrogens with one attached hydrogen (secondary N) is 1. The van der Waals surface area contributed by atoms with Crippen LogP contribution in [0, 0.1) is 23.2 Å². The highest BCUT2D eigenvalue weighted by Crippen LogP contribution is 2.37. The first kappa shape index (κ1) is 17.7. The van der Waals surface area contributed by atoms with E-state index < -0.39 is 17.8 Å². The van der Waals surface area contributed by atoms with Gasteiger partial charge in [-0.3, -0.25) is 9.59 Å². The third kappa shape index (κ3) is 3.77. The predicted molar refractivity (Wildman–Crippen MR) is 96.5 cm³/mol. The number of fused-ring (bicyclic) bond motifs is 1. The Morgan fingerprint density at radius 2 is 1.80 bits per heavy atom. The summed E-state index contributed by atoms with van der Waals surface area (Å²) in [6, 6.07) is 2.26. The fraction of sp³-hybridized carbons (Fsp3) is 0.526. The Balaban J connectivity index is 1.83. The fourth-order valence-corrected chi connectivity index (χ4v) is 4.95. The Morgan fingerprint density at radius 1 is 1.12 bits per heavy atom. The summed E-state index contributed by atoms with van der Waals surface area (Å²) >= 11 is 1.49. The Hall–Kier alpha value is -2.13. The van der Waals surface area contributed by atoms with Crippen LogP contribution in [0.25, 0.3) is 0 Å². The van der Waals surface area contributed by atoms with Crippen LogP contribution < -0.4 is 5.32 Å². The van der Waals surface area contributed by atoms with Gasteiger partial charge in [0.1, 0.15) is 11.1 Å². The Kier molecular flexibility index (Phi) is 5.54. The fourth-order valence-electron chi connectivity index (χ4n) is 3.71. The number of aliphatic carboxylic acids is 1. The molecule has 1 aromatic heterocycles. The van der Waals surface area contributed by atoms with Crippen molar-refractivity contribution < 1.29 is 14.7 Å². The third-order valence-corrected chi connectivity index (χ3v) is 6.31. The molecular formula is C19H22N2O3S. The van der Waals surface area contributed by atoms with Crippen LogP contribution in [0.1, 0.15) is 54.5 Å². The minimum atomic E-state index is -0.941. The molecule has 0 aromatic carbocycles. The number of aryl methyl sites for hydroxylation is 1. The minimum Gasteiger partial charge on any atom is -0.481 e. The highest BCUT2D eigenvalue weighted by atomic mass is 32.1. The highest BCUT2D eigenvalue weighted by molar-refractivity contribution is 7.16. The molecule has 1 aromatic rings. The normalized spacial score (nSPS) is 23.0. The van der Waals surface area contributed by atoms with Crippen LogP contribution in [0.15, 0.2) is 12.2 Å². The molecule has 0 unspecified atom stereocenters. The van der Waals surface area contributed by atoms with E-state index in [1.807, 2.05) is 12.2 Å². The van der Waals surface area contributed by atoms with Gasteiger partial charge in [0, 0.05) is 4.88 Å². The molecular weight excluding hydrogens is 336 g/mol.